The van der Waals surface area contributed by atoms with Crippen LogP contribution in [0.5, 0.6) is 0 Å². The van der Waals surface area contributed by atoms with Crippen LogP contribution in [0.25, 0.3) is 0 Å². The van der Waals surface area contributed by atoms with Gasteiger partial charge < -0.3 is 10.0 Å². The number of aliphatic hydroxyl groups excluding tert-OH is 1. The number of alkyl halides is 1. The zero-order valence-electron chi connectivity index (χ0n) is 10.2. The lowest BCUT2D eigenvalue weighted by atomic mass is 10.2. The summed E-state index contributed by atoms with van der Waals surface area (Å²) in [5, 5.41) is 9.24. The number of nitrogens with zero attached hydrogens (tertiary/aromatic N) is 3. The van der Waals surface area contributed by atoms with Crippen molar-refractivity contribution in [2.45, 2.75) is 38.4 Å². The van der Waals surface area contributed by atoms with Crippen LogP contribution in [0.4, 0.5) is 10.2 Å². The van der Waals surface area contributed by atoms with Crippen LogP contribution in [0.2, 0.25) is 0 Å². The van der Waals surface area contributed by atoms with Crippen molar-refractivity contribution >= 4 is 5.82 Å². The molecule has 0 aromatic carbocycles. The second-order valence-corrected chi connectivity index (χ2v) is 4.75. The van der Waals surface area contributed by atoms with Gasteiger partial charge in [0.25, 0.3) is 0 Å². The summed E-state index contributed by atoms with van der Waals surface area (Å²) in [4.78, 5) is 10.4. The highest BCUT2D eigenvalue weighted by Gasteiger charge is 2.32. The molecule has 0 amide bonds. The fourth-order valence-electron chi connectivity index (χ4n) is 2.12. The number of halogens is 1. The van der Waals surface area contributed by atoms with Gasteiger partial charge >= 0.3 is 0 Å². The molecule has 0 saturated carbocycles. The van der Waals surface area contributed by atoms with E-state index in [2.05, 4.69) is 9.97 Å². The maximum Gasteiger partial charge on any atom is 0.133 e. The first kappa shape index (κ1) is 12.2. The second kappa shape index (κ2) is 4.96. The van der Waals surface area contributed by atoms with Gasteiger partial charge in [-0.3, -0.25) is 0 Å². The summed E-state index contributed by atoms with van der Waals surface area (Å²) < 4.78 is 13.4. The molecule has 0 unspecified atom stereocenters. The molecule has 2 heterocycles. The standard InChI is InChI=1S/C12H18FN3O/c1-8(2)12-14-4-3-11(15-12)16-6-9(13)5-10(16)7-17/h3-4,8-10,17H,5-7H2,1-2H3/t9-,10-/m0/s1. The number of aliphatic hydroxyl groups is 1. The van der Waals surface area contributed by atoms with Crippen LogP contribution in [-0.2, 0) is 0 Å². The van der Waals surface area contributed by atoms with E-state index < -0.39 is 6.17 Å². The van der Waals surface area contributed by atoms with Crippen LogP contribution in [0.15, 0.2) is 12.3 Å². The van der Waals surface area contributed by atoms with Crippen molar-refractivity contribution in [3.05, 3.63) is 18.1 Å². The highest BCUT2D eigenvalue weighted by Crippen LogP contribution is 2.26. The van der Waals surface area contributed by atoms with Gasteiger partial charge in [0.2, 0.25) is 0 Å². The molecule has 1 aromatic rings. The van der Waals surface area contributed by atoms with Crippen molar-refractivity contribution in [3.8, 4) is 0 Å². The topological polar surface area (TPSA) is 49.2 Å². The quantitative estimate of drug-likeness (QED) is 0.868. The number of hydrogen-bond donors (Lipinski definition) is 1. The third-order valence-corrected chi connectivity index (χ3v) is 3.04. The van der Waals surface area contributed by atoms with Gasteiger partial charge in [0.15, 0.2) is 0 Å². The molecule has 0 aliphatic carbocycles. The minimum absolute atomic E-state index is 0.0402. The van der Waals surface area contributed by atoms with Crippen LogP contribution in [0.1, 0.15) is 32.0 Å². The summed E-state index contributed by atoms with van der Waals surface area (Å²) in [5.41, 5.74) is 0. The molecule has 0 radical (unpaired) electrons. The molecule has 1 saturated heterocycles. The lowest BCUT2D eigenvalue weighted by Gasteiger charge is -2.24. The van der Waals surface area contributed by atoms with Gasteiger partial charge in [-0.2, -0.15) is 0 Å². The summed E-state index contributed by atoms with van der Waals surface area (Å²) in [5.74, 6) is 1.70. The predicted octanol–water partition coefficient (Wildman–Crippen LogP) is 1.51. The van der Waals surface area contributed by atoms with Crippen molar-refractivity contribution in [3.63, 3.8) is 0 Å². The van der Waals surface area contributed by atoms with E-state index in [9.17, 15) is 9.50 Å². The molecular weight excluding hydrogens is 221 g/mol. The molecule has 0 bridgehead atoms. The Morgan fingerprint density at radius 2 is 2.35 bits per heavy atom. The third-order valence-electron chi connectivity index (χ3n) is 3.04. The van der Waals surface area contributed by atoms with Gasteiger partial charge in [-0.15, -0.1) is 0 Å². The van der Waals surface area contributed by atoms with Crippen LogP contribution < -0.4 is 4.90 Å². The van der Waals surface area contributed by atoms with Gasteiger partial charge in [0.1, 0.15) is 17.8 Å². The van der Waals surface area contributed by atoms with Crippen LogP contribution in [0, 0.1) is 0 Å². The Hall–Kier alpha value is -1.23. The zero-order valence-corrected chi connectivity index (χ0v) is 10.2. The number of hydrogen-bond acceptors (Lipinski definition) is 4. The highest BCUT2D eigenvalue weighted by molar-refractivity contribution is 5.41. The van der Waals surface area contributed by atoms with Crippen LogP contribution in [-0.4, -0.2) is 40.4 Å². The molecule has 1 N–H and O–H groups in total. The Labute approximate surface area is 101 Å². The second-order valence-electron chi connectivity index (χ2n) is 4.75. The minimum atomic E-state index is -0.885. The van der Waals surface area contributed by atoms with E-state index in [0.29, 0.717) is 18.8 Å². The Balaban J connectivity index is 2.24. The average molecular weight is 239 g/mol. The highest BCUT2D eigenvalue weighted by atomic mass is 19.1. The van der Waals surface area contributed by atoms with Crippen molar-refractivity contribution in [1.82, 2.24) is 9.97 Å². The molecule has 1 aromatic heterocycles. The molecule has 1 fully saturated rings. The smallest absolute Gasteiger partial charge is 0.133 e. The first-order valence-electron chi connectivity index (χ1n) is 5.96. The summed E-state index contributed by atoms with van der Waals surface area (Å²) in [6.07, 6.45) is 1.18. The van der Waals surface area contributed by atoms with Crippen molar-refractivity contribution in [1.29, 1.82) is 0 Å². The molecule has 4 nitrogen and oxygen atoms in total. The first-order valence-corrected chi connectivity index (χ1v) is 5.96. The summed E-state index contributed by atoms with van der Waals surface area (Å²) in [6, 6.07) is 1.60. The fourth-order valence-corrected chi connectivity index (χ4v) is 2.12. The number of aromatic nitrogens is 2. The predicted molar refractivity (Wildman–Crippen MR) is 63.9 cm³/mol. The van der Waals surface area contributed by atoms with E-state index in [1.807, 2.05) is 18.7 Å². The van der Waals surface area contributed by atoms with E-state index in [-0.39, 0.29) is 18.6 Å². The Morgan fingerprint density at radius 3 is 3.00 bits per heavy atom. The van der Waals surface area contributed by atoms with Gasteiger partial charge in [0.05, 0.1) is 19.2 Å². The van der Waals surface area contributed by atoms with Gasteiger partial charge in [-0.05, 0) is 6.07 Å². The van der Waals surface area contributed by atoms with Gasteiger partial charge in [0, 0.05) is 18.5 Å². The third kappa shape index (κ3) is 2.54. The normalized spacial score (nSPS) is 24.6. The minimum Gasteiger partial charge on any atom is -0.394 e. The van der Waals surface area contributed by atoms with E-state index in [4.69, 9.17) is 0 Å². The van der Waals surface area contributed by atoms with Crippen LogP contribution in [0.3, 0.4) is 0 Å². The van der Waals surface area contributed by atoms with E-state index in [0.717, 1.165) is 5.82 Å². The first-order chi connectivity index (χ1) is 8.11. The molecule has 2 rings (SSSR count). The average Bonchev–Trinajstić information content (AvgIpc) is 2.70. The molecule has 0 spiro atoms. The molecule has 2 atom stereocenters. The Kier molecular flexibility index (Phi) is 3.57. The maximum absolute atomic E-state index is 13.4. The largest absolute Gasteiger partial charge is 0.394 e. The van der Waals surface area contributed by atoms with Gasteiger partial charge in [-0.25, -0.2) is 14.4 Å². The van der Waals surface area contributed by atoms with Crippen molar-refractivity contribution in [2.75, 3.05) is 18.1 Å². The maximum atomic E-state index is 13.4. The fraction of sp³-hybridized carbons (Fsp3) is 0.667. The molecule has 1 aliphatic heterocycles. The molecule has 1 aliphatic rings. The van der Waals surface area contributed by atoms with E-state index in [1.165, 1.54) is 0 Å². The summed E-state index contributed by atoms with van der Waals surface area (Å²) in [6.45, 7) is 4.30. The zero-order chi connectivity index (χ0) is 12.4. The molecular formula is C12H18FN3O. The SMILES string of the molecule is CC(C)c1nccc(N2C[C@@H](F)C[C@H]2CO)n1. The summed E-state index contributed by atoms with van der Waals surface area (Å²) >= 11 is 0. The number of anilines is 1. The van der Waals surface area contributed by atoms with E-state index >= 15 is 0 Å². The van der Waals surface area contributed by atoms with Crippen molar-refractivity contribution < 1.29 is 9.50 Å². The molecule has 17 heavy (non-hydrogen) atoms. The lowest BCUT2D eigenvalue weighted by molar-refractivity contribution is 0.255. The Bertz CT molecular complexity index is 386. The van der Waals surface area contributed by atoms with Crippen molar-refractivity contribution in [2.24, 2.45) is 0 Å². The summed E-state index contributed by atoms with van der Waals surface area (Å²) in [7, 11) is 0. The van der Waals surface area contributed by atoms with Crippen LogP contribution >= 0.6 is 0 Å². The van der Waals surface area contributed by atoms with Gasteiger partial charge in [-0.1, -0.05) is 13.8 Å². The Morgan fingerprint density at radius 1 is 1.59 bits per heavy atom. The molecule has 5 heteroatoms. The molecule has 94 valence electrons. The van der Waals surface area contributed by atoms with E-state index in [1.54, 1.807) is 12.3 Å². The lowest BCUT2D eigenvalue weighted by Crippen LogP contribution is -2.33. The number of rotatable bonds is 3. The monoisotopic (exact) mass is 239 g/mol.